The monoisotopic (exact) mass is 253 g/mol. The van der Waals surface area contributed by atoms with E-state index in [-0.39, 0.29) is 0 Å². The van der Waals surface area contributed by atoms with Gasteiger partial charge in [-0.25, -0.2) is 0 Å². The summed E-state index contributed by atoms with van der Waals surface area (Å²) in [5.41, 5.74) is 8.46. The molecule has 0 saturated carbocycles. The maximum Gasteiger partial charge on any atom is 0.325 e. The lowest BCUT2D eigenvalue weighted by Gasteiger charge is -2.22. The van der Waals surface area contributed by atoms with Crippen LogP contribution in [0.15, 0.2) is 0 Å². The average Bonchev–Trinajstić information content (AvgIpc) is 2.44. The summed E-state index contributed by atoms with van der Waals surface area (Å²) in [6, 6.07) is -0.693. The normalized spacial score (nSPS) is 13.5. The van der Waals surface area contributed by atoms with Crippen LogP contribution in [0.1, 0.15) is 37.7 Å². The number of ether oxygens (including phenoxy) is 1. The molecule has 0 saturated heterocycles. The van der Waals surface area contributed by atoms with Crippen molar-refractivity contribution < 1.29 is 9.53 Å². The van der Waals surface area contributed by atoms with Gasteiger partial charge in [-0.1, -0.05) is 0 Å². The van der Waals surface area contributed by atoms with E-state index < -0.39 is 17.6 Å². The molecule has 0 spiro atoms. The molecule has 5 heteroatoms. The second-order valence-electron chi connectivity index (χ2n) is 5.62. The van der Waals surface area contributed by atoms with Crippen LogP contribution >= 0.6 is 0 Å². The number of hydrogen-bond donors (Lipinski definition) is 1. The first-order valence-electron chi connectivity index (χ1n) is 6.11. The van der Waals surface area contributed by atoms with Crippen LogP contribution in [0.25, 0.3) is 0 Å². The molecule has 0 aliphatic carbocycles. The molecule has 0 amide bonds. The maximum atomic E-state index is 11.8. The van der Waals surface area contributed by atoms with Gasteiger partial charge in [0.1, 0.15) is 11.6 Å². The molecule has 18 heavy (non-hydrogen) atoms. The number of nitrogens with zero attached hydrogens (tertiary/aromatic N) is 2. The fourth-order valence-electron chi connectivity index (χ4n) is 1.60. The Morgan fingerprint density at radius 2 is 1.94 bits per heavy atom. The molecule has 0 aliphatic rings. The maximum absolute atomic E-state index is 11.8. The predicted octanol–water partition coefficient (Wildman–Crippen LogP) is 1.48. The van der Waals surface area contributed by atoms with Crippen LogP contribution in [-0.4, -0.2) is 27.4 Å². The summed E-state index contributed by atoms with van der Waals surface area (Å²) in [7, 11) is 0. The zero-order valence-electron chi connectivity index (χ0n) is 12.1. The quantitative estimate of drug-likeness (QED) is 0.828. The lowest BCUT2D eigenvalue weighted by Crippen LogP contribution is -2.40. The highest BCUT2D eigenvalue weighted by atomic mass is 16.6. The fourth-order valence-corrected chi connectivity index (χ4v) is 1.60. The van der Waals surface area contributed by atoms with Crippen LogP contribution in [0.2, 0.25) is 0 Å². The molecule has 0 aliphatic heterocycles. The predicted molar refractivity (Wildman–Crippen MR) is 70.3 cm³/mol. The molecule has 0 bridgehead atoms. The van der Waals surface area contributed by atoms with Gasteiger partial charge in [0.25, 0.3) is 0 Å². The molecular weight excluding hydrogens is 230 g/mol. The van der Waals surface area contributed by atoms with E-state index in [0.29, 0.717) is 6.54 Å². The van der Waals surface area contributed by atoms with Crippen LogP contribution < -0.4 is 5.73 Å². The highest BCUT2D eigenvalue weighted by Gasteiger charge is 2.23. The van der Waals surface area contributed by atoms with Gasteiger partial charge in [-0.3, -0.25) is 9.48 Å². The highest BCUT2D eigenvalue weighted by molar-refractivity contribution is 5.75. The minimum atomic E-state index is -0.693. The van der Waals surface area contributed by atoms with Gasteiger partial charge >= 0.3 is 5.97 Å². The Labute approximate surface area is 108 Å². The van der Waals surface area contributed by atoms with Crippen LogP contribution in [0.4, 0.5) is 0 Å². The zero-order chi connectivity index (χ0) is 14.1. The third-order valence-electron chi connectivity index (χ3n) is 2.82. The SMILES string of the molecule is Cc1nn(CC(N)C(=O)OC(C)(C)C)c(C)c1C. The summed E-state index contributed by atoms with van der Waals surface area (Å²) >= 11 is 0. The minimum Gasteiger partial charge on any atom is -0.459 e. The Hall–Kier alpha value is -1.36. The average molecular weight is 253 g/mol. The molecule has 1 heterocycles. The molecule has 5 nitrogen and oxygen atoms in total. The molecule has 1 rings (SSSR count). The molecule has 1 atom stereocenters. The number of nitrogens with two attached hydrogens (primary N) is 1. The number of hydrogen-bond acceptors (Lipinski definition) is 4. The number of esters is 1. The molecule has 102 valence electrons. The molecular formula is C13H23N3O2. The zero-order valence-corrected chi connectivity index (χ0v) is 12.1. The van der Waals surface area contributed by atoms with Crippen molar-refractivity contribution in [3.8, 4) is 0 Å². The molecule has 1 aromatic rings. The van der Waals surface area contributed by atoms with Gasteiger partial charge in [0, 0.05) is 5.69 Å². The summed E-state index contributed by atoms with van der Waals surface area (Å²) in [6.45, 7) is 11.7. The Kier molecular flexibility index (Phi) is 4.16. The van der Waals surface area contributed by atoms with E-state index in [1.165, 1.54) is 0 Å². The van der Waals surface area contributed by atoms with Crippen LogP contribution in [0.3, 0.4) is 0 Å². The smallest absolute Gasteiger partial charge is 0.325 e. The van der Waals surface area contributed by atoms with E-state index in [4.69, 9.17) is 10.5 Å². The van der Waals surface area contributed by atoms with Crippen LogP contribution in [0.5, 0.6) is 0 Å². The first kappa shape index (κ1) is 14.7. The first-order valence-corrected chi connectivity index (χ1v) is 6.11. The van der Waals surface area contributed by atoms with Gasteiger partial charge in [-0.15, -0.1) is 0 Å². The van der Waals surface area contributed by atoms with E-state index in [1.54, 1.807) is 4.68 Å². The standard InChI is InChI=1S/C13H23N3O2/c1-8-9(2)15-16(10(8)3)7-11(14)12(17)18-13(4,5)6/h11H,7,14H2,1-6H3. The van der Waals surface area contributed by atoms with Gasteiger partial charge in [-0.05, 0) is 47.1 Å². The lowest BCUT2D eigenvalue weighted by atomic mass is 10.2. The summed E-state index contributed by atoms with van der Waals surface area (Å²) in [6.07, 6.45) is 0. The van der Waals surface area contributed by atoms with Crippen molar-refractivity contribution in [1.82, 2.24) is 9.78 Å². The largest absolute Gasteiger partial charge is 0.459 e. The second-order valence-corrected chi connectivity index (χ2v) is 5.62. The Bertz CT molecular complexity index is 444. The molecule has 0 fully saturated rings. The van der Waals surface area contributed by atoms with Crippen molar-refractivity contribution in [2.45, 2.75) is 59.7 Å². The number of aryl methyl sites for hydroxylation is 1. The number of aromatic nitrogens is 2. The summed E-state index contributed by atoms with van der Waals surface area (Å²) in [5.74, 6) is -0.396. The van der Waals surface area contributed by atoms with Crippen molar-refractivity contribution in [3.63, 3.8) is 0 Å². The van der Waals surface area contributed by atoms with Crippen molar-refractivity contribution in [2.24, 2.45) is 5.73 Å². The minimum absolute atomic E-state index is 0.343. The summed E-state index contributed by atoms with van der Waals surface area (Å²) in [5, 5.41) is 4.36. The van der Waals surface area contributed by atoms with Gasteiger partial charge in [0.15, 0.2) is 0 Å². The molecule has 1 unspecified atom stereocenters. The molecule has 1 aromatic heterocycles. The van der Waals surface area contributed by atoms with Gasteiger partial charge in [0.05, 0.1) is 12.2 Å². The van der Waals surface area contributed by atoms with E-state index in [9.17, 15) is 4.79 Å². The van der Waals surface area contributed by atoms with Crippen LogP contribution in [0, 0.1) is 20.8 Å². The summed E-state index contributed by atoms with van der Waals surface area (Å²) < 4.78 is 7.01. The van der Waals surface area contributed by atoms with Gasteiger partial charge in [0.2, 0.25) is 0 Å². The van der Waals surface area contributed by atoms with E-state index >= 15 is 0 Å². The third-order valence-corrected chi connectivity index (χ3v) is 2.82. The first-order chi connectivity index (χ1) is 8.11. The summed E-state index contributed by atoms with van der Waals surface area (Å²) in [4.78, 5) is 11.8. The van der Waals surface area contributed by atoms with E-state index in [0.717, 1.165) is 17.0 Å². The second kappa shape index (κ2) is 5.10. The fraction of sp³-hybridized carbons (Fsp3) is 0.692. The van der Waals surface area contributed by atoms with Crippen molar-refractivity contribution >= 4 is 5.97 Å². The molecule has 0 aromatic carbocycles. The van der Waals surface area contributed by atoms with Crippen LogP contribution in [-0.2, 0) is 16.1 Å². The van der Waals surface area contributed by atoms with Gasteiger partial charge < -0.3 is 10.5 Å². The lowest BCUT2D eigenvalue weighted by molar-refractivity contribution is -0.156. The number of carbonyl (C=O) groups excluding carboxylic acids is 1. The molecule has 0 radical (unpaired) electrons. The number of rotatable bonds is 3. The third kappa shape index (κ3) is 3.57. The van der Waals surface area contributed by atoms with Gasteiger partial charge in [-0.2, -0.15) is 5.10 Å². The Balaban J connectivity index is 2.73. The molecule has 2 N–H and O–H groups in total. The topological polar surface area (TPSA) is 70.1 Å². The van der Waals surface area contributed by atoms with E-state index in [2.05, 4.69) is 5.10 Å². The highest BCUT2D eigenvalue weighted by Crippen LogP contribution is 2.12. The van der Waals surface area contributed by atoms with Crippen molar-refractivity contribution in [3.05, 3.63) is 17.0 Å². The van der Waals surface area contributed by atoms with Crippen molar-refractivity contribution in [1.29, 1.82) is 0 Å². The Morgan fingerprint density at radius 1 is 1.39 bits per heavy atom. The Morgan fingerprint density at radius 3 is 2.33 bits per heavy atom. The van der Waals surface area contributed by atoms with E-state index in [1.807, 2.05) is 41.5 Å². The van der Waals surface area contributed by atoms with Crippen molar-refractivity contribution in [2.75, 3.05) is 0 Å². The number of carbonyl (C=O) groups is 1.